The van der Waals surface area contributed by atoms with Crippen molar-refractivity contribution >= 4 is 28.9 Å². The first kappa shape index (κ1) is 15.0. The van der Waals surface area contributed by atoms with Crippen molar-refractivity contribution in [2.24, 2.45) is 0 Å². The molecule has 2 aromatic rings. The van der Waals surface area contributed by atoms with Gasteiger partial charge >= 0.3 is 0 Å². The van der Waals surface area contributed by atoms with Crippen LogP contribution < -0.4 is 20.5 Å². The number of methoxy groups -OCH3 is 2. The topological polar surface area (TPSA) is 73.6 Å². The minimum absolute atomic E-state index is 0.286. The maximum atomic E-state index is 12.2. The quantitative estimate of drug-likeness (QED) is 0.851. The van der Waals surface area contributed by atoms with Gasteiger partial charge in [0.05, 0.1) is 30.6 Å². The highest BCUT2D eigenvalue weighted by atomic mass is 35.5. The number of halogens is 1. The molecule has 110 valence electrons. The number of nitrogens with one attached hydrogen (secondary N) is 1. The fourth-order valence-corrected chi connectivity index (χ4v) is 2.00. The summed E-state index contributed by atoms with van der Waals surface area (Å²) in [7, 11) is 3.06. The van der Waals surface area contributed by atoms with Crippen LogP contribution in [0.4, 0.5) is 11.4 Å². The van der Waals surface area contributed by atoms with Gasteiger partial charge in [-0.05, 0) is 30.3 Å². The van der Waals surface area contributed by atoms with Crippen LogP contribution in [0.3, 0.4) is 0 Å². The van der Waals surface area contributed by atoms with Crippen molar-refractivity contribution in [1.82, 2.24) is 0 Å². The second-order valence-corrected chi connectivity index (χ2v) is 4.66. The summed E-state index contributed by atoms with van der Waals surface area (Å²) in [4.78, 5) is 12.2. The van der Waals surface area contributed by atoms with Gasteiger partial charge < -0.3 is 20.5 Å². The predicted molar refractivity (Wildman–Crippen MR) is 83.4 cm³/mol. The Hall–Kier alpha value is -2.40. The summed E-state index contributed by atoms with van der Waals surface area (Å²) >= 11 is 6.07. The fourth-order valence-electron chi connectivity index (χ4n) is 1.78. The molecule has 5 nitrogen and oxygen atoms in total. The van der Waals surface area contributed by atoms with Crippen LogP contribution in [0.2, 0.25) is 5.02 Å². The van der Waals surface area contributed by atoms with Crippen LogP contribution in [0.25, 0.3) is 0 Å². The minimum atomic E-state index is -0.286. The number of hydrogen-bond acceptors (Lipinski definition) is 4. The monoisotopic (exact) mass is 306 g/mol. The van der Waals surface area contributed by atoms with Gasteiger partial charge in [-0.2, -0.15) is 0 Å². The molecular formula is C15H15ClN2O3. The van der Waals surface area contributed by atoms with E-state index in [4.69, 9.17) is 26.8 Å². The van der Waals surface area contributed by atoms with Gasteiger partial charge in [0.1, 0.15) is 11.5 Å². The van der Waals surface area contributed by atoms with Crippen molar-refractivity contribution in [3.63, 3.8) is 0 Å². The van der Waals surface area contributed by atoms with E-state index in [0.717, 1.165) is 0 Å². The standard InChI is InChI=1S/C15H15ClN2O3/c1-20-10-5-3-9(4-6-10)15(19)18-13-8-14(21-2)12(17)7-11(13)16/h3-8H,17H2,1-2H3,(H,18,19). The summed E-state index contributed by atoms with van der Waals surface area (Å²) in [5.41, 5.74) is 7.07. The van der Waals surface area contributed by atoms with Gasteiger partial charge in [0.2, 0.25) is 0 Å². The maximum Gasteiger partial charge on any atom is 0.255 e. The lowest BCUT2D eigenvalue weighted by molar-refractivity contribution is 0.102. The van der Waals surface area contributed by atoms with Crippen LogP contribution in [0.1, 0.15) is 10.4 Å². The van der Waals surface area contributed by atoms with E-state index < -0.39 is 0 Å². The maximum absolute atomic E-state index is 12.2. The van der Waals surface area contributed by atoms with Crippen molar-refractivity contribution in [3.8, 4) is 11.5 Å². The molecule has 0 aliphatic rings. The summed E-state index contributed by atoms with van der Waals surface area (Å²) in [6.45, 7) is 0. The van der Waals surface area contributed by atoms with Crippen molar-refractivity contribution in [2.45, 2.75) is 0 Å². The largest absolute Gasteiger partial charge is 0.497 e. The van der Waals surface area contributed by atoms with Crippen LogP contribution >= 0.6 is 11.6 Å². The lowest BCUT2D eigenvalue weighted by Gasteiger charge is -2.11. The average molecular weight is 307 g/mol. The number of hydrogen-bond donors (Lipinski definition) is 2. The predicted octanol–water partition coefficient (Wildman–Crippen LogP) is 3.19. The average Bonchev–Trinajstić information content (AvgIpc) is 2.50. The zero-order valence-corrected chi connectivity index (χ0v) is 12.4. The molecule has 0 saturated heterocycles. The Bertz CT molecular complexity index is 657. The third-order valence-electron chi connectivity index (χ3n) is 2.92. The second kappa shape index (κ2) is 6.37. The summed E-state index contributed by atoms with van der Waals surface area (Å²) in [6, 6.07) is 9.86. The summed E-state index contributed by atoms with van der Waals surface area (Å²) in [5.74, 6) is 0.842. The number of carbonyl (C=O) groups excluding carboxylic acids is 1. The van der Waals surface area contributed by atoms with Crippen LogP contribution in [0.5, 0.6) is 11.5 Å². The zero-order chi connectivity index (χ0) is 15.4. The number of nitrogen functional groups attached to an aromatic ring is 1. The van der Waals surface area contributed by atoms with Crippen molar-refractivity contribution in [1.29, 1.82) is 0 Å². The smallest absolute Gasteiger partial charge is 0.255 e. The van der Waals surface area contributed by atoms with Crippen molar-refractivity contribution in [2.75, 3.05) is 25.3 Å². The fraction of sp³-hybridized carbons (Fsp3) is 0.133. The molecule has 0 saturated carbocycles. The molecule has 0 aliphatic heterocycles. The van der Waals surface area contributed by atoms with Crippen LogP contribution in [0.15, 0.2) is 36.4 Å². The first-order valence-corrected chi connectivity index (χ1v) is 6.51. The van der Waals surface area contributed by atoms with Gasteiger partial charge in [-0.1, -0.05) is 11.6 Å². The van der Waals surface area contributed by atoms with Gasteiger partial charge in [-0.15, -0.1) is 0 Å². The Morgan fingerprint density at radius 2 is 1.81 bits per heavy atom. The van der Waals surface area contributed by atoms with Crippen molar-refractivity contribution < 1.29 is 14.3 Å². The van der Waals surface area contributed by atoms with E-state index in [2.05, 4.69) is 5.32 Å². The van der Waals surface area contributed by atoms with E-state index in [1.54, 1.807) is 37.4 Å². The van der Waals surface area contributed by atoms with E-state index >= 15 is 0 Å². The molecule has 21 heavy (non-hydrogen) atoms. The molecule has 0 atom stereocenters. The molecule has 0 fully saturated rings. The summed E-state index contributed by atoms with van der Waals surface area (Å²) in [6.07, 6.45) is 0. The first-order valence-electron chi connectivity index (χ1n) is 6.13. The summed E-state index contributed by atoms with van der Waals surface area (Å²) in [5, 5.41) is 3.06. The third-order valence-corrected chi connectivity index (χ3v) is 3.23. The van der Waals surface area contributed by atoms with Gasteiger partial charge in [0.15, 0.2) is 0 Å². The second-order valence-electron chi connectivity index (χ2n) is 4.26. The number of benzene rings is 2. The van der Waals surface area contributed by atoms with Gasteiger partial charge in [0.25, 0.3) is 5.91 Å². The lowest BCUT2D eigenvalue weighted by Crippen LogP contribution is -2.12. The number of amides is 1. The third kappa shape index (κ3) is 3.38. The van der Waals surface area contributed by atoms with E-state index in [-0.39, 0.29) is 5.91 Å². The van der Waals surface area contributed by atoms with E-state index in [0.29, 0.717) is 33.5 Å². The van der Waals surface area contributed by atoms with Crippen LogP contribution in [0, 0.1) is 0 Å². The molecule has 1 amide bonds. The Morgan fingerprint density at radius 3 is 2.38 bits per heavy atom. The number of nitrogens with two attached hydrogens (primary N) is 1. The normalized spacial score (nSPS) is 10.0. The number of ether oxygens (including phenoxy) is 2. The molecule has 2 aromatic carbocycles. The molecule has 0 unspecified atom stereocenters. The van der Waals surface area contributed by atoms with E-state index in [1.807, 2.05) is 0 Å². The Labute approximate surface area is 127 Å². The molecule has 6 heteroatoms. The lowest BCUT2D eigenvalue weighted by atomic mass is 10.2. The van der Waals surface area contributed by atoms with E-state index in [9.17, 15) is 4.79 Å². The summed E-state index contributed by atoms with van der Waals surface area (Å²) < 4.78 is 10.2. The molecule has 0 radical (unpaired) electrons. The highest BCUT2D eigenvalue weighted by Gasteiger charge is 2.11. The highest BCUT2D eigenvalue weighted by molar-refractivity contribution is 6.34. The zero-order valence-electron chi connectivity index (χ0n) is 11.6. The molecule has 0 aromatic heterocycles. The van der Waals surface area contributed by atoms with Crippen LogP contribution in [-0.4, -0.2) is 20.1 Å². The first-order chi connectivity index (χ1) is 10.0. The minimum Gasteiger partial charge on any atom is -0.497 e. The molecule has 0 spiro atoms. The SMILES string of the molecule is COc1ccc(C(=O)Nc2cc(OC)c(N)cc2Cl)cc1. The number of rotatable bonds is 4. The van der Waals surface area contributed by atoms with Gasteiger partial charge in [-0.3, -0.25) is 4.79 Å². The molecular weight excluding hydrogens is 292 g/mol. The highest BCUT2D eigenvalue weighted by Crippen LogP contribution is 2.32. The Kier molecular flexibility index (Phi) is 4.55. The molecule has 0 aliphatic carbocycles. The molecule has 3 N–H and O–H groups in total. The number of anilines is 2. The molecule has 2 rings (SSSR count). The van der Waals surface area contributed by atoms with Gasteiger partial charge in [0, 0.05) is 11.6 Å². The number of carbonyl (C=O) groups is 1. The van der Waals surface area contributed by atoms with Gasteiger partial charge in [-0.25, -0.2) is 0 Å². The van der Waals surface area contributed by atoms with E-state index in [1.165, 1.54) is 13.2 Å². The Morgan fingerprint density at radius 1 is 1.14 bits per heavy atom. The van der Waals surface area contributed by atoms with Crippen molar-refractivity contribution in [3.05, 3.63) is 47.0 Å². The molecule has 0 bridgehead atoms. The molecule has 0 heterocycles. The van der Waals surface area contributed by atoms with Crippen LogP contribution in [-0.2, 0) is 0 Å². The Balaban J connectivity index is 2.22.